The summed E-state index contributed by atoms with van der Waals surface area (Å²) in [5.74, 6) is -0.814. The lowest BCUT2D eigenvalue weighted by atomic mass is 10.1. The number of H-pyrrole nitrogens is 1. The lowest BCUT2D eigenvalue weighted by molar-refractivity contribution is -0.133. The Hall–Kier alpha value is -2.87. The summed E-state index contributed by atoms with van der Waals surface area (Å²) in [6, 6.07) is 7.39. The molecule has 1 aromatic carbocycles. The summed E-state index contributed by atoms with van der Waals surface area (Å²) in [6.45, 7) is 3.11. The van der Waals surface area contributed by atoms with Crippen molar-refractivity contribution in [3.63, 3.8) is 0 Å². The third-order valence-electron chi connectivity index (χ3n) is 4.57. The number of carbonyl (C=O) groups excluding carboxylic acids is 3. The van der Waals surface area contributed by atoms with Crippen LogP contribution in [0.3, 0.4) is 0 Å². The van der Waals surface area contributed by atoms with E-state index in [9.17, 15) is 14.4 Å². The van der Waals surface area contributed by atoms with Gasteiger partial charge >= 0.3 is 0 Å². The molecule has 2 heterocycles. The fourth-order valence-corrected chi connectivity index (χ4v) is 3.28. The summed E-state index contributed by atoms with van der Waals surface area (Å²) in [5, 5.41) is 12.0. The molecule has 0 aliphatic carbocycles. The lowest BCUT2D eigenvalue weighted by Gasteiger charge is -2.29. The zero-order chi connectivity index (χ0) is 20.1. The van der Waals surface area contributed by atoms with E-state index >= 15 is 0 Å². The van der Waals surface area contributed by atoms with Gasteiger partial charge in [0.05, 0.1) is 10.6 Å². The van der Waals surface area contributed by atoms with Crippen molar-refractivity contribution in [2.75, 3.05) is 18.4 Å². The van der Waals surface area contributed by atoms with Crippen molar-refractivity contribution in [1.82, 2.24) is 20.4 Å². The van der Waals surface area contributed by atoms with E-state index in [1.165, 1.54) is 6.07 Å². The standard InChI is InChI=1S/C19H22ClN5O3/c1-12(19(28)25-9-5-2-6-10-25)21-18(27)15-11-16(24-23-15)22-17(26)13-7-3-4-8-14(13)20/h3-4,7-8,11-12H,2,5-6,9-10H2,1H3,(H,21,27)(H2,22,23,24,26)/t12-/m1/s1. The first-order valence-electron chi connectivity index (χ1n) is 9.16. The number of benzene rings is 1. The molecule has 0 saturated carbocycles. The number of nitrogens with zero attached hydrogens (tertiary/aromatic N) is 2. The number of aromatic amines is 1. The number of piperidine rings is 1. The van der Waals surface area contributed by atoms with Gasteiger partial charge in [-0.1, -0.05) is 23.7 Å². The van der Waals surface area contributed by atoms with E-state index in [2.05, 4.69) is 20.8 Å². The molecule has 0 bridgehead atoms. The molecular formula is C19H22ClN5O3. The Bertz CT molecular complexity index is 876. The molecule has 1 atom stereocenters. The predicted octanol–water partition coefficient (Wildman–Crippen LogP) is 2.45. The number of halogens is 1. The van der Waals surface area contributed by atoms with Crippen molar-refractivity contribution >= 4 is 35.1 Å². The van der Waals surface area contributed by atoms with E-state index in [-0.39, 0.29) is 17.4 Å². The summed E-state index contributed by atoms with van der Waals surface area (Å²) in [7, 11) is 0. The second-order valence-electron chi connectivity index (χ2n) is 6.68. The first-order chi connectivity index (χ1) is 13.5. The SMILES string of the molecule is C[C@@H](NC(=O)c1cc(NC(=O)c2ccccc2Cl)n[nH]1)C(=O)N1CCCCC1. The molecule has 2 aromatic rings. The van der Waals surface area contributed by atoms with Crippen LogP contribution in [-0.4, -0.2) is 52.0 Å². The highest BCUT2D eigenvalue weighted by molar-refractivity contribution is 6.34. The van der Waals surface area contributed by atoms with Crippen molar-refractivity contribution in [1.29, 1.82) is 0 Å². The van der Waals surface area contributed by atoms with Crippen molar-refractivity contribution < 1.29 is 14.4 Å². The summed E-state index contributed by atoms with van der Waals surface area (Å²) in [4.78, 5) is 38.8. The third-order valence-corrected chi connectivity index (χ3v) is 4.90. The number of rotatable bonds is 5. The number of amides is 3. The van der Waals surface area contributed by atoms with Crippen LogP contribution in [0.15, 0.2) is 30.3 Å². The van der Waals surface area contributed by atoms with Gasteiger partial charge in [-0.15, -0.1) is 0 Å². The van der Waals surface area contributed by atoms with E-state index in [0.717, 1.165) is 32.4 Å². The average molecular weight is 404 g/mol. The zero-order valence-electron chi connectivity index (χ0n) is 15.5. The molecule has 3 N–H and O–H groups in total. The Balaban J connectivity index is 1.58. The van der Waals surface area contributed by atoms with Gasteiger partial charge in [-0.25, -0.2) is 0 Å². The molecule has 0 spiro atoms. The predicted molar refractivity (Wildman–Crippen MR) is 105 cm³/mol. The van der Waals surface area contributed by atoms with Crippen LogP contribution in [0.4, 0.5) is 5.82 Å². The highest BCUT2D eigenvalue weighted by Gasteiger charge is 2.24. The molecule has 9 heteroatoms. The maximum atomic E-state index is 12.4. The van der Waals surface area contributed by atoms with Crippen molar-refractivity contribution in [3.05, 3.63) is 46.6 Å². The van der Waals surface area contributed by atoms with Gasteiger partial charge in [0.2, 0.25) is 5.91 Å². The van der Waals surface area contributed by atoms with E-state index in [1.54, 1.807) is 36.1 Å². The summed E-state index contributed by atoms with van der Waals surface area (Å²) < 4.78 is 0. The van der Waals surface area contributed by atoms with Gasteiger partial charge in [0.1, 0.15) is 11.7 Å². The minimum absolute atomic E-state index is 0.0974. The number of aromatic nitrogens is 2. The number of carbonyl (C=O) groups is 3. The Morgan fingerprint density at radius 2 is 1.86 bits per heavy atom. The number of nitrogens with one attached hydrogen (secondary N) is 3. The number of hydrogen-bond donors (Lipinski definition) is 3. The monoisotopic (exact) mass is 403 g/mol. The maximum absolute atomic E-state index is 12.4. The van der Waals surface area contributed by atoms with Crippen molar-refractivity contribution in [2.24, 2.45) is 0 Å². The van der Waals surface area contributed by atoms with Crippen molar-refractivity contribution in [3.8, 4) is 0 Å². The fourth-order valence-electron chi connectivity index (χ4n) is 3.06. The minimum Gasteiger partial charge on any atom is -0.341 e. The Kier molecular flexibility index (Phi) is 6.30. The van der Waals surface area contributed by atoms with Gasteiger partial charge in [0.25, 0.3) is 11.8 Å². The van der Waals surface area contributed by atoms with Gasteiger partial charge in [-0.05, 0) is 38.3 Å². The lowest BCUT2D eigenvalue weighted by Crippen LogP contribution is -2.48. The Morgan fingerprint density at radius 1 is 1.14 bits per heavy atom. The number of anilines is 1. The quantitative estimate of drug-likeness (QED) is 0.712. The largest absolute Gasteiger partial charge is 0.341 e. The summed E-state index contributed by atoms with van der Waals surface area (Å²) in [6.07, 6.45) is 3.10. The first-order valence-corrected chi connectivity index (χ1v) is 9.54. The van der Waals surface area contributed by atoms with E-state index in [1.807, 2.05) is 0 Å². The average Bonchev–Trinajstić information content (AvgIpc) is 3.17. The second-order valence-corrected chi connectivity index (χ2v) is 7.09. The van der Waals surface area contributed by atoms with Gasteiger partial charge in [0, 0.05) is 19.2 Å². The van der Waals surface area contributed by atoms with Crippen LogP contribution in [-0.2, 0) is 4.79 Å². The summed E-state index contributed by atoms with van der Waals surface area (Å²) in [5.41, 5.74) is 0.451. The number of likely N-dealkylation sites (tertiary alicyclic amines) is 1. The van der Waals surface area contributed by atoms with Crippen LogP contribution < -0.4 is 10.6 Å². The molecule has 3 amide bonds. The van der Waals surface area contributed by atoms with Crippen LogP contribution >= 0.6 is 11.6 Å². The molecule has 1 saturated heterocycles. The molecule has 1 fully saturated rings. The van der Waals surface area contributed by atoms with Crippen LogP contribution in [0.1, 0.15) is 47.0 Å². The molecule has 28 heavy (non-hydrogen) atoms. The molecule has 0 unspecified atom stereocenters. The van der Waals surface area contributed by atoms with Crippen LogP contribution in [0.2, 0.25) is 5.02 Å². The molecule has 3 rings (SSSR count). The van der Waals surface area contributed by atoms with Crippen LogP contribution in [0.25, 0.3) is 0 Å². The van der Waals surface area contributed by atoms with Crippen molar-refractivity contribution in [2.45, 2.75) is 32.2 Å². The van der Waals surface area contributed by atoms with Crippen LogP contribution in [0.5, 0.6) is 0 Å². The highest BCUT2D eigenvalue weighted by Crippen LogP contribution is 2.17. The topological polar surface area (TPSA) is 107 Å². The molecule has 1 aliphatic heterocycles. The molecule has 0 radical (unpaired) electrons. The smallest absolute Gasteiger partial charge is 0.270 e. The van der Waals surface area contributed by atoms with Gasteiger partial charge in [-0.3, -0.25) is 19.5 Å². The minimum atomic E-state index is -0.643. The third kappa shape index (κ3) is 4.69. The highest BCUT2D eigenvalue weighted by atomic mass is 35.5. The zero-order valence-corrected chi connectivity index (χ0v) is 16.3. The molecule has 8 nitrogen and oxygen atoms in total. The maximum Gasteiger partial charge on any atom is 0.270 e. The normalized spacial score (nSPS) is 15.0. The second kappa shape index (κ2) is 8.88. The van der Waals surface area contributed by atoms with E-state index in [4.69, 9.17) is 11.6 Å². The fraction of sp³-hybridized carbons (Fsp3) is 0.368. The summed E-state index contributed by atoms with van der Waals surface area (Å²) >= 11 is 6.00. The van der Waals surface area contributed by atoms with E-state index < -0.39 is 17.9 Å². The first kappa shape index (κ1) is 19.9. The number of hydrogen-bond acceptors (Lipinski definition) is 4. The Labute approximate surface area is 167 Å². The van der Waals surface area contributed by atoms with E-state index in [0.29, 0.717) is 10.6 Å². The van der Waals surface area contributed by atoms with Gasteiger partial charge in [0.15, 0.2) is 5.82 Å². The molecular weight excluding hydrogens is 382 g/mol. The van der Waals surface area contributed by atoms with Gasteiger partial charge in [-0.2, -0.15) is 5.10 Å². The molecule has 148 valence electrons. The molecule has 1 aliphatic rings. The van der Waals surface area contributed by atoms with Crippen LogP contribution in [0, 0.1) is 0 Å². The van der Waals surface area contributed by atoms with Gasteiger partial charge < -0.3 is 15.5 Å². The Morgan fingerprint density at radius 3 is 2.57 bits per heavy atom. The molecule has 1 aromatic heterocycles.